The number of halogens is 1. The van der Waals surface area contributed by atoms with E-state index in [9.17, 15) is 4.79 Å². The molecule has 0 bridgehead atoms. The minimum atomic E-state index is 0. The lowest BCUT2D eigenvalue weighted by molar-refractivity contribution is -0.120. The summed E-state index contributed by atoms with van der Waals surface area (Å²) in [6.07, 6.45) is 3.52. The number of hydrogen-bond acceptors (Lipinski definition) is 2. The molecular weight excluding hydrogens is 222 g/mol. The summed E-state index contributed by atoms with van der Waals surface area (Å²) in [5.74, 6) is 0.424. The Labute approximate surface area is 103 Å². The second-order valence-electron chi connectivity index (χ2n) is 4.18. The summed E-state index contributed by atoms with van der Waals surface area (Å²) in [4.78, 5) is 11.1. The van der Waals surface area contributed by atoms with Gasteiger partial charge in [-0.15, -0.1) is 12.4 Å². The van der Waals surface area contributed by atoms with E-state index in [0.29, 0.717) is 11.8 Å². The maximum Gasteiger partial charge on any atom is 0.133 e. The summed E-state index contributed by atoms with van der Waals surface area (Å²) in [5.41, 5.74) is 1.31. The van der Waals surface area contributed by atoms with Crippen LogP contribution in [0, 0.1) is 0 Å². The van der Waals surface area contributed by atoms with E-state index in [-0.39, 0.29) is 12.4 Å². The zero-order chi connectivity index (χ0) is 10.5. The van der Waals surface area contributed by atoms with Crippen molar-refractivity contribution < 1.29 is 4.79 Å². The van der Waals surface area contributed by atoms with Gasteiger partial charge in [0.15, 0.2) is 0 Å². The molecule has 1 fully saturated rings. The van der Waals surface area contributed by atoms with Crippen LogP contribution in [0.4, 0.5) is 0 Å². The molecule has 2 rings (SSSR count). The van der Waals surface area contributed by atoms with Gasteiger partial charge in [-0.3, -0.25) is 4.79 Å². The average Bonchev–Trinajstić information content (AvgIpc) is 2.30. The molecule has 0 aromatic heterocycles. The second kappa shape index (κ2) is 6.66. The van der Waals surface area contributed by atoms with Crippen LogP contribution in [-0.2, 0) is 11.3 Å². The van der Waals surface area contributed by atoms with Crippen molar-refractivity contribution in [3.05, 3.63) is 35.9 Å². The van der Waals surface area contributed by atoms with Gasteiger partial charge in [-0.1, -0.05) is 30.3 Å². The van der Waals surface area contributed by atoms with Crippen molar-refractivity contribution >= 4 is 18.2 Å². The van der Waals surface area contributed by atoms with Crippen molar-refractivity contribution in [3.8, 4) is 0 Å². The van der Waals surface area contributed by atoms with E-state index in [2.05, 4.69) is 29.6 Å². The molecule has 2 nitrogen and oxygen atoms in total. The number of benzene rings is 1. The molecule has 0 heterocycles. The van der Waals surface area contributed by atoms with Gasteiger partial charge >= 0.3 is 0 Å². The van der Waals surface area contributed by atoms with Crippen molar-refractivity contribution in [3.63, 3.8) is 0 Å². The van der Waals surface area contributed by atoms with Crippen LogP contribution >= 0.6 is 12.4 Å². The molecule has 1 N–H and O–H groups in total. The lowest BCUT2D eigenvalue weighted by atomic mass is 9.94. The minimum Gasteiger partial charge on any atom is -0.310 e. The summed E-state index contributed by atoms with van der Waals surface area (Å²) in [6.45, 7) is 0.916. The molecular formula is C13H18ClNO. The highest BCUT2D eigenvalue weighted by Gasteiger charge is 2.17. The highest BCUT2D eigenvalue weighted by molar-refractivity contribution is 5.85. The molecule has 1 saturated carbocycles. The first-order valence-electron chi connectivity index (χ1n) is 5.63. The predicted molar refractivity (Wildman–Crippen MR) is 67.8 cm³/mol. The topological polar surface area (TPSA) is 29.1 Å². The van der Waals surface area contributed by atoms with Gasteiger partial charge in [-0.05, 0) is 18.4 Å². The van der Waals surface area contributed by atoms with Crippen molar-refractivity contribution in [1.82, 2.24) is 5.32 Å². The van der Waals surface area contributed by atoms with Crippen molar-refractivity contribution in [2.45, 2.75) is 38.3 Å². The lowest BCUT2D eigenvalue weighted by Gasteiger charge is -2.22. The molecule has 0 amide bonds. The Morgan fingerprint density at radius 3 is 2.38 bits per heavy atom. The largest absolute Gasteiger partial charge is 0.310 e. The number of ketones is 1. The number of hydrogen-bond donors (Lipinski definition) is 1. The van der Waals surface area contributed by atoms with Crippen molar-refractivity contribution in [2.75, 3.05) is 0 Å². The highest BCUT2D eigenvalue weighted by atomic mass is 35.5. The molecule has 88 valence electrons. The molecule has 0 radical (unpaired) electrons. The van der Waals surface area contributed by atoms with E-state index >= 15 is 0 Å². The van der Waals surface area contributed by atoms with Crippen LogP contribution in [0.3, 0.4) is 0 Å². The molecule has 1 aliphatic rings. The molecule has 0 saturated heterocycles. The average molecular weight is 240 g/mol. The Kier molecular flexibility index (Phi) is 5.50. The van der Waals surface area contributed by atoms with Gasteiger partial charge in [-0.25, -0.2) is 0 Å². The third kappa shape index (κ3) is 3.95. The fourth-order valence-corrected chi connectivity index (χ4v) is 2.00. The van der Waals surface area contributed by atoms with Gasteiger partial charge in [0.2, 0.25) is 0 Å². The van der Waals surface area contributed by atoms with E-state index < -0.39 is 0 Å². The van der Waals surface area contributed by atoms with Crippen LogP contribution in [0.2, 0.25) is 0 Å². The van der Waals surface area contributed by atoms with E-state index in [4.69, 9.17) is 0 Å². The smallest absolute Gasteiger partial charge is 0.133 e. The van der Waals surface area contributed by atoms with Crippen LogP contribution in [-0.4, -0.2) is 11.8 Å². The van der Waals surface area contributed by atoms with Gasteiger partial charge < -0.3 is 5.32 Å². The Hall–Kier alpha value is -0.860. The third-order valence-electron chi connectivity index (χ3n) is 2.98. The fraction of sp³-hybridized carbons (Fsp3) is 0.462. The molecule has 0 atom stereocenters. The highest BCUT2D eigenvalue weighted by Crippen LogP contribution is 2.15. The molecule has 0 aliphatic heterocycles. The van der Waals surface area contributed by atoms with Crippen LogP contribution in [0.5, 0.6) is 0 Å². The van der Waals surface area contributed by atoms with E-state index in [0.717, 1.165) is 32.2 Å². The minimum absolute atomic E-state index is 0. The van der Waals surface area contributed by atoms with Gasteiger partial charge in [0.25, 0.3) is 0 Å². The second-order valence-corrected chi connectivity index (χ2v) is 4.18. The maximum absolute atomic E-state index is 11.1. The van der Waals surface area contributed by atoms with Crippen LogP contribution in [0.25, 0.3) is 0 Å². The number of carbonyl (C=O) groups excluding carboxylic acids is 1. The van der Waals surface area contributed by atoms with Crippen molar-refractivity contribution in [2.24, 2.45) is 0 Å². The predicted octanol–water partition coefficient (Wildman–Crippen LogP) is 2.71. The third-order valence-corrected chi connectivity index (χ3v) is 2.98. The monoisotopic (exact) mass is 239 g/mol. The zero-order valence-electron chi connectivity index (χ0n) is 9.32. The number of carbonyl (C=O) groups is 1. The summed E-state index contributed by atoms with van der Waals surface area (Å²) >= 11 is 0. The molecule has 16 heavy (non-hydrogen) atoms. The van der Waals surface area contributed by atoms with Crippen molar-refractivity contribution in [1.29, 1.82) is 0 Å². The summed E-state index contributed by atoms with van der Waals surface area (Å²) in [7, 11) is 0. The Morgan fingerprint density at radius 1 is 1.12 bits per heavy atom. The van der Waals surface area contributed by atoms with Crippen LogP contribution in [0.15, 0.2) is 30.3 Å². The SMILES string of the molecule is Cl.O=C1CCC(NCc2ccccc2)CC1. The standard InChI is InChI=1S/C13H17NO.ClH/c15-13-8-6-12(7-9-13)14-10-11-4-2-1-3-5-11;/h1-5,12,14H,6-10H2;1H. The molecule has 1 aromatic carbocycles. The first-order valence-corrected chi connectivity index (χ1v) is 5.63. The molecule has 3 heteroatoms. The summed E-state index contributed by atoms with van der Waals surface area (Å²) in [6, 6.07) is 10.9. The molecule has 1 aromatic rings. The first-order chi connectivity index (χ1) is 7.34. The van der Waals surface area contributed by atoms with E-state index in [1.54, 1.807) is 0 Å². The zero-order valence-corrected chi connectivity index (χ0v) is 10.1. The van der Waals surface area contributed by atoms with Gasteiger partial charge in [-0.2, -0.15) is 0 Å². The van der Waals surface area contributed by atoms with Crippen LogP contribution < -0.4 is 5.32 Å². The Bertz CT molecular complexity index is 316. The van der Waals surface area contributed by atoms with E-state index in [1.807, 2.05) is 6.07 Å². The molecule has 1 aliphatic carbocycles. The lowest BCUT2D eigenvalue weighted by Crippen LogP contribution is -2.32. The first kappa shape index (κ1) is 13.2. The number of nitrogens with one attached hydrogen (secondary N) is 1. The Balaban J connectivity index is 0.00000128. The maximum atomic E-state index is 11.1. The number of rotatable bonds is 3. The quantitative estimate of drug-likeness (QED) is 0.879. The van der Waals surface area contributed by atoms with E-state index in [1.165, 1.54) is 5.56 Å². The summed E-state index contributed by atoms with van der Waals surface area (Å²) in [5, 5.41) is 3.51. The normalized spacial score (nSPS) is 16.9. The van der Waals surface area contributed by atoms with Gasteiger partial charge in [0.05, 0.1) is 0 Å². The van der Waals surface area contributed by atoms with Gasteiger partial charge in [0.1, 0.15) is 5.78 Å². The number of Topliss-reactive ketones (excluding diaryl/α,β-unsaturated/α-hetero) is 1. The van der Waals surface area contributed by atoms with Gasteiger partial charge in [0, 0.05) is 25.4 Å². The summed E-state index contributed by atoms with van der Waals surface area (Å²) < 4.78 is 0. The molecule has 0 spiro atoms. The Morgan fingerprint density at radius 2 is 1.75 bits per heavy atom. The molecule has 0 unspecified atom stereocenters. The van der Waals surface area contributed by atoms with Crippen LogP contribution in [0.1, 0.15) is 31.2 Å². The fourth-order valence-electron chi connectivity index (χ4n) is 2.00.